The molecule has 0 spiro atoms. The summed E-state index contributed by atoms with van der Waals surface area (Å²) in [5, 5.41) is 21.6. The van der Waals surface area contributed by atoms with Gasteiger partial charge in [-0.3, -0.25) is 14.9 Å². The number of hydrogen-bond donors (Lipinski definition) is 2. The van der Waals surface area contributed by atoms with Crippen molar-refractivity contribution in [2.24, 2.45) is 0 Å². The third kappa shape index (κ3) is 3.44. The van der Waals surface area contributed by atoms with Crippen molar-refractivity contribution < 1.29 is 19.6 Å². The molecule has 0 saturated heterocycles. The molecule has 96 valence electrons. The smallest absolute Gasteiger partial charge is 0.407 e. The second-order valence-electron chi connectivity index (χ2n) is 3.46. The molecule has 1 aromatic carbocycles. The number of likely N-dealkylation sites (N-methyl/N-ethyl adjacent to an activating group) is 1. The zero-order valence-electron chi connectivity index (χ0n) is 9.49. The van der Waals surface area contributed by atoms with E-state index in [0.29, 0.717) is 0 Å². The number of para-hydroxylation sites is 2. The van der Waals surface area contributed by atoms with Crippen molar-refractivity contribution in [1.29, 1.82) is 0 Å². The Morgan fingerprint density at radius 2 is 2.06 bits per heavy atom. The van der Waals surface area contributed by atoms with Gasteiger partial charge in [-0.2, -0.15) is 0 Å². The van der Waals surface area contributed by atoms with Gasteiger partial charge in [0, 0.05) is 13.1 Å². The van der Waals surface area contributed by atoms with E-state index in [4.69, 9.17) is 5.11 Å². The molecule has 1 aromatic rings. The fourth-order valence-corrected chi connectivity index (χ4v) is 1.21. The van der Waals surface area contributed by atoms with E-state index in [1.807, 2.05) is 0 Å². The number of nitro groups is 1. The maximum atomic E-state index is 11.5. The number of carbonyl (C=O) groups is 2. The number of nitrogens with zero attached hydrogens (tertiary/aromatic N) is 2. The number of amides is 2. The molecule has 18 heavy (non-hydrogen) atoms. The van der Waals surface area contributed by atoms with Gasteiger partial charge in [-0.05, 0) is 6.07 Å². The summed E-state index contributed by atoms with van der Waals surface area (Å²) in [6.07, 6.45) is -1.26. The van der Waals surface area contributed by atoms with Crippen LogP contribution in [-0.4, -0.2) is 40.5 Å². The summed E-state index contributed by atoms with van der Waals surface area (Å²) in [5.41, 5.74) is -0.213. The van der Waals surface area contributed by atoms with Crippen molar-refractivity contribution in [2.45, 2.75) is 0 Å². The number of hydrogen-bond acceptors (Lipinski definition) is 4. The average Bonchev–Trinajstić information content (AvgIpc) is 2.28. The predicted molar refractivity (Wildman–Crippen MR) is 62.4 cm³/mol. The molecule has 0 unspecified atom stereocenters. The third-order valence-corrected chi connectivity index (χ3v) is 2.08. The first-order valence-electron chi connectivity index (χ1n) is 4.89. The van der Waals surface area contributed by atoms with Gasteiger partial charge in [-0.25, -0.2) is 4.79 Å². The Balaban J connectivity index is 2.76. The van der Waals surface area contributed by atoms with E-state index in [9.17, 15) is 19.7 Å². The van der Waals surface area contributed by atoms with Crippen LogP contribution in [0.5, 0.6) is 0 Å². The molecule has 0 fully saturated rings. The molecule has 0 bridgehead atoms. The average molecular weight is 253 g/mol. The minimum Gasteiger partial charge on any atom is -0.465 e. The van der Waals surface area contributed by atoms with Gasteiger partial charge in [0.2, 0.25) is 5.91 Å². The fourth-order valence-electron chi connectivity index (χ4n) is 1.21. The van der Waals surface area contributed by atoms with Gasteiger partial charge in [0.05, 0.1) is 4.92 Å². The Hall–Kier alpha value is -2.64. The quantitative estimate of drug-likeness (QED) is 0.617. The van der Waals surface area contributed by atoms with Crippen molar-refractivity contribution in [3.05, 3.63) is 34.4 Å². The molecule has 0 aliphatic carbocycles. The lowest BCUT2D eigenvalue weighted by molar-refractivity contribution is -0.383. The van der Waals surface area contributed by atoms with E-state index in [2.05, 4.69) is 5.32 Å². The molecule has 0 atom stereocenters. The highest BCUT2D eigenvalue weighted by Gasteiger charge is 2.16. The van der Waals surface area contributed by atoms with Crippen molar-refractivity contribution in [1.82, 2.24) is 4.90 Å². The van der Waals surface area contributed by atoms with Gasteiger partial charge in [0.15, 0.2) is 0 Å². The van der Waals surface area contributed by atoms with Crippen molar-refractivity contribution in [2.75, 3.05) is 18.9 Å². The van der Waals surface area contributed by atoms with Gasteiger partial charge >= 0.3 is 6.09 Å². The topological polar surface area (TPSA) is 113 Å². The lowest BCUT2D eigenvalue weighted by Crippen LogP contribution is -2.33. The van der Waals surface area contributed by atoms with E-state index >= 15 is 0 Å². The van der Waals surface area contributed by atoms with Gasteiger partial charge < -0.3 is 15.3 Å². The van der Waals surface area contributed by atoms with Crippen LogP contribution in [0.4, 0.5) is 16.2 Å². The Kier molecular flexibility index (Phi) is 4.19. The molecule has 1 rings (SSSR count). The van der Waals surface area contributed by atoms with Crippen molar-refractivity contribution in [3.63, 3.8) is 0 Å². The van der Waals surface area contributed by atoms with Crippen LogP contribution in [-0.2, 0) is 4.79 Å². The van der Waals surface area contributed by atoms with Crippen LogP contribution in [0.25, 0.3) is 0 Å². The molecule has 8 heteroatoms. The Morgan fingerprint density at radius 3 is 2.61 bits per heavy atom. The highest BCUT2D eigenvalue weighted by atomic mass is 16.6. The second-order valence-corrected chi connectivity index (χ2v) is 3.46. The number of benzene rings is 1. The molecule has 0 heterocycles. The van der Waals surface area contributed by atoms with Gasteiger partial charge in [-0.15, -0.1) is 0 Å². The molecule has 0 aliphatic heterocycles. The van der Waals surface area contributed by atoms with Crippen molar-refractivity contribution in [3.8, 4) is 0 Å². The first-order valence-corrected chi connectivity index (χ1v) is 4.89. The minimum atomic E-state index is -1.26. The molecule has 8 nitrogen and oxygen atoms in total. The first kappa shape index (κ1) is 13.4. The zero-order chi connectivity index (χ0) is 13.7. The van der Waals surface area contributed by atoms with Gasteiger partial charge in [-0.1, -0.05) is 12.1 Å². The molecule has 2 N–H and O–H groups in total. The SMILES string of the molecule is CN(CC(=O)Nc1ccccc1[N+](=O)[O-])C(=O)O. The van der Waals surface area contributed by atoms with Crippen LogP contribution in [0.1, 0.15) is 0 Å². The maximum Gasteiger partial charge on any atom is 0.407 e. The summed E-state index contributed by atoms with van der Waals surface area (Å²) < 4.78 is 0. The normalized spacial score (nSPS) is 9.61. The van der Waals surface area contributed by atoms with Gasteiger partial charge in [0.25, 0.3) is 5.69 Å². The lowest BCUT2D eigenvalue weighted by atomic mass is 10.2. The number of carboxylic acid groups (broad SMARTS) is 1. The number of carbonyl (C=O) groups excluding carboxylic acids is 1. The Labute approximate surface area is 102 Å². The zero-order valence-corrected chi connectivity index (χ0v) is 9.49. The number of nitrogens with one attached hydrogen (secondary N) is 1. The third-order valence-electron chi connectivity index (χ3n) is 2.08. The van der Waals surface area contributed by atoms with Gasteiger partial charge in [0.1, 0.15) is 12.2 Å². The van der Waals surface area contributed by atoms with E-state index in [0.717, 1.165) is 4.90 Å². The summed E-state index contributed by atoms with van der Waals surface area (Å²) in [5.74, 6) is -0.644. The Morgan fingerprint density at radius 1 is 1.44 bits per heavy atom. The van der Waals surface area contributed by atoms with Crippen LogP contribution >= 0.6 is 0 Å². The maximum absolute atomic E-state index is 11.5. The molecule has 0 saturated carbocycles. The summed E-state index contributed by atoms with van der Waals surface area (Å²) in [7, 11) is 1.22. The molecular formula is C10H11N3O5. The molecule has 0 aliphatic rings. The summed E-state index contributed by atoms with van der Waals surface area (Å²) >= 11 is 0. The molecule has 0 radical (unpaired) electrons. The van der Waals surface area contributed by atoms with Crippen LogP contribution in [0.3, 0.4) is 0 Å². The predicted octanol–water partition coefficient (Wildman–Crippen LogP) is 1.14. The minimum absolute atomic E-state index is 0.0336. The van der Waals surface area contributed by atoms with Crippen LogP contribution in [0.2, 0.25) is 0 Å². The molecular weight excluding hydrogens is 242 g/mol. The summed E-state index contributed by atoms with van der Waals surface area (Å²) in [6, 6.07) is 5.62. The first-order chi connectivity index (χ1) is 8.41. The van der Waals surface area contributed by atoms with Crippen LogP contribution in [0.15, 0.2) is 24.3 Å². The van der Waals surface area contributed by atoms with Crippen LogP contribution in [0, 0.1) is 10.1 Å². The van der Waals surface area contributed by atoms with E-state index in [1.54, 1.807) is 0 Å². The van der Waals surface area contributed by atoms with E-state index in [-0.39, 0.29) is 11.4 Å². The standard InChI is InChI=1S/C10H11N3O5/c1-12(10(15)16)6-9(14)11-7-4-2-3-5-8(7)13(17)18/h2-5H,6H2,1H3,(H,11,14)(H,15,16). The fraction of sp³-hybridized carbons (Fsp3) is 0.200. The van der Waals surface area contributed by atoms with Crippen LogP contribution < -0.4 is 5.32 Å². The van der Waals surface area contributed by atoms with Crippen molar-refractivity contribution >= 4 is 23.4 Å². The van der Waals surface area contributed by atoms with E-state index < -0.39 is 23.5 Å². The van der Waals surface area contributed by atoms with E-state index in [1.165, 1.54) is 31.3 Å². The summed E-state index contributed by atoms with van der Waals surface area (Å²) in [4.78, 5) is 32.8. The number of rotatable bonds is 4. The monoisotopic (exact) mass is 253 g/mol. The number of anilines is 1. The Bertz CT molecular complexity index is 488. The highest BCUT2D eigenvalue weighted by molar-refractivity contribution is 5.95. The number of nitro benzene ring substituents is 1. The molecule has 0 aromatic heterocycles. The molecule has 2 amide bonds. The second kappa shape index (κ2) is 5.62. The summed E-state index contributed by atoms with van der Waals surface area (Å²) in [6.45, 7) is -0.401. The lowest BCUT2D eigenvalue weighted by Gasteiger charge is -2.12. The largest absolute Gasteiger partial charge is 0.465 e. The highest BCUT2D eigenvalue weighted by Crippen LogP contribution is 2.22.